The summed E-state index contributed by atoms with van der Waals surface area (Å²) in [7, 11) is 0. The maximum Gasteiger partial charge on any atom is 0.323 e. The van der Waals surface area contributed by atoms with Gasteiger partial charge in [-0.2, -0.15) is 0 Å². The van der Waals surface area contributed by atoms with Crippen LogP contribution in [0.3, 0.4) is 0 Å². The van der Waals surface area contributed by atoms with E-state index in [0.29, 0.717) is 23.8 Å². The van der Waals surface area contributed by atoms with Crippen molar-refractivity contribution in [1.82, 2.24) is 9.88 Å². The maximum atomic E-state index is 12.4. The SMILES string of the molecule is Cc1cc(Cl)cnc1NC(=O)N1C[C@@H]2CCC[C@@]2(C(=O)O)C1. The van der Waals surface area contributed by atoms with Crippen LogP contribution >= 0.6 is 11.6 Å². The Bertz CT molecular complexity index is 636. The number of nitrogens with one attached hydrogen (secondary N) is 1. The first kappa shape index (κ1) is 15.1. The van der Waals surface area contributed by atoms with Crippen molar-refractivity contribution in [3.63, 3.8) is 0 Å². The van der Waals surface area contributed by atoms with Crippen LogP contribution in [0.15, 0.2) is 12.3 Å². The fraction of sp³-hybridized carbons (Fsp3) is 0.533. The van der Waals surface area contributed by atoms with Gasteiger partial charge in [-0.25, -0.2) is 9.78 Å². The molecule has 1 aromatic rings. The molecule has 22 heavy (non-hydrogen) atoms. The fourth-order valence-corrected chi connectivity index (χ4v) is 3.86. The monoisotopic (exact) mass is 323 g/mol. The first-order valence-electron chi connectivity index (χ1n) is 7.34. The Morgan fingerprint density at radius 2 is 2.32 bits per heavy atom. The molecule has 0 bridgehead atoms. The van der Waals surface area contributed by atoms with Gasteiger partial charge >= 0.3 is 12.0 Å². The van der Waals surface area contributed by atoms with Crippen LogP contribution in [0.25, 0.3) is 0 Å². The summed E-state index contributed by atoms with van der Waals surface area (Å²) in [5.74, 6) is -0.281. The number of rotatable bonds is 2. The zero-order chi connectivity index (χ0) is 15.9. The van der Waals surface area contributed by atoms with Crippen molar-refractivity contribution in [3.8, 4) is 0 Å². The van der Waals surface area contributed by atoms with Crippen molar-refractivity contribution in [2.75, 3.05) is 18.4 Å². The fourth-order valence-electron chi connectivity index (χ4n) is 3.65. The van der Waals surface area contributed by atoms with Gasteiger partial charge in [0, 0.05) is 19.3 Å². The summed E-state index contributed by atoms with van der Waals surface area (Å²) in [6.07, 6.45) is 3.91. The highest BCUT2D eigenvalue weighted by Gasteiger charge is 2.55. The minimum atomic E-state index is -0.786. The largest absolute Gasteiger partial charge is 0.481 e. The molecular weight excluding hydrogens is 306 g/mol. The lowest BCUT2D eigenvalue weighted by atomic mass is 9.81. The van der Waals surface area contributed by atoms with Gasteiger partial charge in [-0.15, -0.1) is 0 Å². The third-order valence-electron chi connectivity index (χ3n) is 4.85. The van der Waals surface area contributed by atoms with Gasteiger partial charge in [0.05, 0.1) is 10.4 Å². The van der Waals surface area contributed by atoms with Crippen LogP contribution in [-0.2, 0) is 4.79 Å². The topological polar surface area (TPSA) is 82.5 Å². The predicted octanol–water partition coefficient (Wildman–Crippen LogP) is 2.76. The van der Waals surface area contributed by atoms with Crippen molar-refractivity contribution in [3.05, 3.63) is 22.8 Å². The lowest BCUT2D eigenvalue weighted by Gasteiger charge is -2.23. The average Bonchev–Trinajstić information content (AvgIpc) is 2.99. The van der Waals surface area contributed by atoms with Gasteiger partial charge in [-0.05, 0) is 37.3 Å². The third-order valence-corrected chi connectivity index (χ3v) is 5.06. The number of pyridine rings is 1. The average molecular weight is 324 g/mol. The van der Waals surface area contributed by atoms with Crippen molar-refractivity contribution in [2.24, 2.45) is 11.3 Å². The van der Waals surface area contributed by atoms with Crippen LogP contribution in [0.2, 0.25) is 5.02 Å². The summed E-state index contributed by atoms with van der Waals surface area (Å²) in [6, 6.07) is 1.43. The standard InChI is InChI=1S/C15H18ClN3O3/c1-9-5-11(16)6-17-12(9)18-14(22)19-7-10-3-2-4-15(10,8-19)13(20)21/h5-6,10H,2-4,7-8H2,1H3,(H,20,21)(H,17,18,22)/t10-,15+/m0/s1. The van der Waals surface area contributed by atoms with E-state index in [-0.39, 0.29) is 18.5 Å². The van der Waals surface area contributed by atoms with Crippen molar-refractivity contribution in [1.29, 1.82) is 0 Å². The number of anilines is 1. The molecule has 1 aliphatic carbocycles. The molecule has 6 nitrogen and oxygen atoms in total. The number of aryl methyl sites for hydroxylation is 1. The van der Waals surface area contributed by atoms with Gasteiger partial charge < -0.3 is 10.0 Å². The highest BCUT2D eigenvalue weighted by atomic mass is 35.5. The number of halogens is 1. The molecule has 1 saturated heterocycles. The molecule has 1 aliphatic heterocycles. The second-order valence-electron chi connectivity index (χ2n) is 6.18. The summed E-state index contributed by atoms with van der Waals surface area (Å²) in [5, 5.41) is 12.8. The summed E-state index contributed by atoms with van der Waals surface area (Å²) in [5.41, 5.74) is 0.00739. The number of hydrogen-bond acceptors (Lipinski definition) is 3. The van der Waals surface area contributed by atoms with Crippen molar-refractivity contribution in [2.45, 2.75) is 26.2 Å². The Morgan fingerprint density at radius 1 is 1.55 bits per heavy atom. The molecule has 0 unspecified atom stereocenters. The molecule has 1 saturated carbocycles. The summed E-state index contributed by atoms with van der Waals surface area (Å²) in [4.78, 5) is 29.7. The second kappa shape index (κ2) is 5.43. The van der Waals surface area contributed by atoms with E-state index in [1.165, 1.54) is 6.20 Å². The van der Waals surface area contributed by atoms with Crippen molar-refractivity contribution >= 4 is 29.4 Å². The minimum absolute atomic E-state index is 0.0509. The first-order chi connectivity index (χ1) is 10.4. The number of fused-ring (bicyclic) bond motifs is 1. The number of carboxylic acid groups (broad SMARTS) is 1. The van der Waals surface area contributed by atoms with Gasteiger partial charge in [-0.1, -0.05) is 18.0 Å². The van der Waals surface area contributed by atoms with Crippen LogP contribution in [-0.4, -0.2) is 40.1 Å². The van der Waals surface area contributed by atoms with E-state index in [0.717, 1.165) is 18.4 Å². The van der Waals surface area contributed by atoms with Gasteiger partial charge in [0.25, 0.3) is 0 Å². The summed E-state index contributed by atoms with van der Waals surface area (Å²) < 4.78 is 0. The summed E-state index contributed by atoms with van der Waals surface area (Å²) >= 11 is 5.85. The smallest absolute Gasteiger partial charge is 0.323 e. The second-order valence-corrected chi connectivity index (χ2v) is 6.62. The third kappa shape index (κ3) is 2.41. The first-order valence-corrected chi connectivity index (χ1v) is 7.71. The van der Waals surface area contributed by atoms with Crippen LogP contribution in [0.4, 0.5) is 10.6 Å². The zero-order valence-corrected chi connectivity index (χ0v) is 13.1. The number of nitrogens with zero attached hydrogens (tertiary/aromatic N) is 2. The highest BCUT2D eigenvalue weighted by Crippen LogP contribution is 2.48. The van der Waals surface area contributed by atoms with E-state index < -0.39 is 11.4 Å². The molecule has 2 amide bonds. The van der Waals surface area contributed by atoms with Crippen molar-refractivity contribution < 1.29 is 14.7 Å². The molecule has 3 rings (SSSR count). The normalized spacial score (nSPS) is 26.8. The lowest BCUT2D eigenvalue weighted by molar-refractivity contribution is -0.149. The predicted molar refractivity (Wildman–Crippen MR) is 82.0 cm³/mol. The van der Waals surface area contributed by atoms with Crippen LogP contribution in [0.5, 0.6) is 0 Å². The number of urea groups is 1. The van der Waals surface area contributed by atoms with E-state index >= 15 is 0 Å². The molecule has 2 fully saturated rings. The van der Waals surface area contributed by atoms with E-state index in [2.05, 4.69) is 10.3 Å². The number of carboxylic acids is 1. The Labute approximate surface area is 133 Å². The molecule has 0 spiro atoms. The zero-order valence-electron chi connectivity index (χ0n) is 12.3. The number of amides is 2. The van der Waals surface area contributed by atoms with E-state index in [1.54, 1.807) is 11.0 Å². The molecule has 2 atom stereocenters. The lowest BCUT2D eigenvalue weighted by Crippen LogP contribution is -2.38. The quantitative estimate of drug-likeness (QED) is 0.876. The Kier molecular flexibility index (Phi) is 3.72. The number of carbonyl (C=O) groups excluding carboxylic acids is 1. The molecule has 0 radical (unpaired) electrons. The number of carbonyl (C=O) groups is 2. The van der Waals surface area contributed by atoms with E-state index in [9.17, 15) is 14.7 Å². The maximum absolute atomic E-state index is 12.4. The molecule has 2 N–H and O–H groups in total. The molecule has 1 aromatic heterocycles. The Hall–Kier alpha value is -1.82. The van der Waals surface area contributed by atoms with Crippen LogP contribution < -0.4 is 5.32 Å². The van der Waals surface area contributed by atoms with Gasteiger partial charge in [0.1, 0.15) is 5.82 Å². The molecular formula is C15H18ClN3O3. The number of hydrogen-bond donors (Lipinski definition) is 2. The number of aromatic nitrogens is 1. The highest BCUT2D eigenvalue weighted by molar-refractivity contribution is 6.30. The van der Waals surface area contributed by atoms with Crippen LogP contribution in [0, 0.1) is 18.3 Å². The minimum Gasteiger partial charge on any atom is -0.481 e. The van der Waals surface area contributed by atoms with E-state index in [1.807, 2.05) is 6.92 Å². The summed E-state index contributed by atoms with van der Waals surface area (Å²) in [6.45, 7) is 2.57. The van der Waals surface area contributed by atoms with Gasteiger partial charge in [-0.3, -0.25) is 10.1 Å². The molecule has 0 aromatic carbocycles. The van der Waals surface area contributed by atoms with Gasteiger partial charge in [0.2, 0.25) is 0 Å². The Balaban J connectivity index is 1.73. The van der Waals surface area contributed by atoms with Crippen LogP contribution in [0.1, 0.15) is 24.8 Å². The molecule has 7 heteroatoms. The number of aliphatic carboxylic acids is 1. The molecule has 2 aliphatic rings. The van der Waals surface area contributed by atoms with E-state index in [4.69, 9.17) is 11.6 Å². The van der Waals surface area contributed by atoms with Gasteiger partial charge in [0.15, 0.2) is 0 Å². The number of likely N-dealkylation sites (tertiary alicyclic amines) is 1. The molecule has 118 valence electrons. The Morgan fingerprint density at radius 3 is 2.95 bits per heavy atom. The molecule has 2 heterocycles.